The molecule has 62 valence electrons. The van der Waals surface area contributed by atoms with E-state index in [9.17, 15) is 0 Å². The van der Waals surface area contributed by atoms with Crippen molar-refractivity contribution in [1.29, 1.82) is 0 Å². The molecule has 2 heteroatoms. The van der Waals surface area contributed by atoms with Crippen LogP contribution in [0.2, 0.25) is 0 Å². The molecule has 0 aliphatic carbocycles. The predicted molar refractivity (Wildman–Crippen MR) is 51.0 cm³/mol. The highest BCUT2D eigenvalue weighted by Gasteiger charge is 2.06. The van der Waals surface area contributed by atoms with Crippen LogP contribution in [-0.4, -0.2) is 6.54 Å². The van der Waals surface area contributed by atoms with Gasteiger partial charge in [-0.15, -0.1) is 0 Å². The van der Waals surface area contributed by atoms with Gasteiger partial charge in [-0.3, -0.25) is 0 Å². The van der Waals surface area contributed by atoms with Crippen LogP contribution in [0.5, 0.6) is 0 Å². The maximum atomic E-state index is 3.44. The molecular weight excluding hydrogens is 154 g/mol. The van der Waals surface area contributed by atoms with E-state index in [4.69, 9.17) is 0 Å². The van der Waals surface area contributed by atoms with Crippen LogP contribution < -0.4 is 5.32 Å². The SMILES string of the molecule is CCNC(CC)c1ccsc1. The van der Waals surface area contributed by atoms with Gasteiger partial charge >= 0.3 is 0 Å². The van der Waals surface area contributed by atoms with Crippen molar-refractivity contribution in [3.8, 4) is 0 Å². The molecule has 0 saturated heterocycles. The summed E-state index contributed by atoms with van der Waals surface area (Å²) in [5.41, 5.74) is 1.43. The normalized spacial score (nSPS) is 13.3. The fourth-order valence-corrected chi connectivity index (χ4v) is 1.93. The quantitative estimate of drug-likeness (QED) is 0.731. The van der Waals surface area contributed by atoms with Crippen LogP contribution in [-0.2, 0) is 0 Å². The third kappa shape index (κ3) is 2.31. The molecule has 0 fully saturated rings. The summed E-state index contributed by atoms with van der Waals surface area (Å²) in [6.07, 6.45) is 1.17. The monoisotopic (exact) mass is 169 g/mol. The summed E-state index contributed by atoms with van der Waals surface area (Å²) in [5.74, 6) is 0. The topological polar surface area (TPSA) is 12.0 Å². The first kappa shape index (κ1) is 8.75. The first-order valence-electron chi connectivity index (χ1n) is 4.14. The largest absolute Gasteiger partial charge is 0.310 e. The summed E-state index contributed by atoms with van der Waals surface area (Å²) >= 11 is 1.77. The smallest absolute Gasteiger partial charge is 0.0325 e. The van der Waals surface area contributed by atoms with E-state index in [1.165, 1.54) is 12.0 Å². The third-order valence-corrected chi connectivity index (χ3v) is 2.51. The highest BCUT2D eigenvalue weighted by molar-refractivity contribution is 7.07. The molecule has 1 rings (SSSR count). The van der Waals surface area contributed by atoms with E-state index in [0.717, 1.165) is 6.54 Å². The standard InChI is InChI=1S/C9H15NS/c1-3-9(10-4-2)8-5-6-11-7-8/h5-7,9-10H,3-4H2,1-2H3. The second-order valence-corrected chi connectivity index (χ2v) is 3.36. The highest BCUT2D eigenvalue weighted by Crippen LogP contribution is 2.18. The Bertz CT molecular complexity index is 181. The first-order chi connectivity index (χ1) is 5.38. The van der Waals surface area contributed by atoms with Gasteiger partial charge in [-0.1, -0.05) is 13.8 Å². The molecule has 0 bridgehead atoms. The fraction of sp³-hybridized carbons (Fsp3) is 0.556. The lowest BCUT2D eigenvalue weighted by atomic mass is 10.1. The van der Waals surface area contributed by atoms with Crippen molar-refractivity contribution >= 4 is 11.3 Å². The van der Waals surface area contributed by atoms with Gasteiger partial charge < -0.3 is 5.32 Å². The van der Waals surface area contributed by atoms with E-state index < -0.39 is 0 Å². The minimum absolute atomic E-state index is 0.561. The van der Waals surface area contributed by atoms with Crippen LogP contribution in [0.3, 0.4) is 0 Å². The number of nitrogens with one attached hydrogen (secondary N) is 1. The molecular formula is C9H15NS. The summed E-state index contributed by atoms with van der Waals surface area (Å²) in [6, 6.07) is 2.76. The van der Waals surface area contributed by atoms with Gasteiger partial charge in [-0.05, 0) is 35.4 Å². The molecule has 1 nitrogen and oxygen atoms in total. The van der Waals surface area contributed by atoms with Gasteiger partial charge in [-0.2, -0.15) is 11.3 Å². The van der Waals surface area contributed by atoms with E-state index in [0.29, 0.717) is 6.04 Å². The minimum atomic E-state index is 0.561. The zero-order valence-corrected chi connectivity index (χ0v) is 7.95. The van der Waals surface area contributed by atoms with Crippen molar-refractivity contribution in [2.75, 3.05) is 6.54 Å². The summed E-state index contributed by atoms with van der Waals surface area (Å²) in [5, 5.41) is 7.79. The Morgan fingerprint density at radius 1 is 1.55 bits per heavy atom. The predicted octanol–water partition coefficient (Wildman–Crippen LogP) is 2.81. The van der Waals surface area contributed by atoms with Gasteiger partial charge in [0, 0.05) is 6.04 Å². The molecule has 1 aromatic rings. The molecule has 11 heavy (non-hydrogen) atoms. The van der Waals surface area contributed by atoms with Crippen LogP contribution >= 0.6 is 11.3 Å². The van der Waals surface area contributed by atoms with E-state index in [1.54, 1.807) is 11.3 Å². The zero-order valence-electron chi connectivity index (χ0n) is 7.13. The van der Waals surface area contributed by atoms with Gasteiger partial charge in [0.2, 0.25) is 0 Å². The van der Waals surface area contributed by atoms with Crippen molar-refractivity contribution < 1.29 is 0 Å². The average molecular weight is 169 g/mol. The maximum absolute atomic E-state index is 3.44. The first-order valence-corrected chi connectivity index (χ1v) is 5.08. The van der Waals surface area contributed by atoms with Crippen molar-refractivity contribution in [2.45, 2.75) is 26.3 Å². The van der Waals surface area contributed by atoms with Crippen molar-refractivity contribution in [1.82, 2.24) is 5.32 Å². The van der Waals surface area contributed by atoms with Gasteiger partial charge in [0.05, 0.1) is 0 Å². The van der Waals surface area contributed by atoms with Gasteiger partial charge in [0.25, 0.3) is 0 Å². The number of hydrogen-bond donors (Lipinski definition) is 1. The Labute approximate surface area is 72.4 Å². The van der Waals surface area contributed by atoms with Gasteiger partial charge in [-0.25, -0.2) is 0 Å². The third-order valence-electron chi connectivity index (χ3n) is 1.80. The van der Waals surface area contributed by atoms with Crippen LogP contribution in [0, 0.1) is 0 Å². The molecule has 1 N–H and O–H groups in total. The van der Waals surface area contributed by atoms with Crippen molar-refractivity contribution in [3.05, 3.63) is 22.4 Å². The second kappa shape index (κ2) is 4.52. The average Bonchev–Trinajstić information content (AvgIpc) is 2.52. The van der Waals surface area contributed by atoms with Crippen LogP contribution in [0.4, 0.5) is 0 Å². The molecule has 0 spiro atoms. The minimum Gasteiger partial charge on any atom is -0.310 e. The molecule has 1 heterocycles. The van der Waals surface area contributed by atoms with E-state index in [2.05, 4.69) is 36.0 Å². The Morgan fingerprint density at radius 3 is 2.82 bits per heavy atom. The van der Waals surface area contributed by atoms with Crippen molar-refractivity contribution in [3.63, 3.8) is 0 Å². The van der Waals surface area contributed by atoms with Gasteiger partial charge in [0.1, 0.15) is 0 Å². The molecule has 1 atom stereocenters. The molecule has 0 aliphatic heterocycles. The van der Waals surface area contributed by atoms with Crippen LogP contribution in [0.1, 0.15) is 31.9 Å². The second-order valence-electron chi connectivity index (χ2n) is 2.58. The van der Waals surface area contributed by atoms with E-state index in [-0.39, 0.29) is 0 Å². The van der Waals surface area contributed by atoms with Gasteiger partial charge in [0.15, 0.2) is 0 Å². The summed E-state index contributed by atoms with van der Waals surface area (Å²) in [4.78, 5) is 0. The van der Waals surface area contributed by atoms with E-state index >= 15 is 0 Å². The fourth-order valence-electron chi connectivity index (χ4n) is 1.22. The Morgan fingerprint density at radius 2 is 2.36 bits per heavy atom. The lowest BCUT2D eigenvalue weighted by molar-refractivity contribution is 0.539. The highest BCUT2D eigenvalue weighted by atomic mass is 32.1. The molecule has 0 saturated carbocycles. The van der Waals surface area contributed by atoms with Crippen LogP contribution in [0.15, 0.2) is 16.8 Å². The Hall–Kier alpha value is -0.340. The Kier molecular flexibility index (Phi) is 3.60. The van der Waals surface area contributed by atoms with E-state index in [1.807, 2.05) is 0 Å². The lowest BCUT2D eigenvalue weighted by Gasteiger charge is -2.13. The Balaban J connectivity index is 2.56. The molecule has 1 aromatic heterocycles. The molecule has 1 unspecified atom stereocenters. The number of rotatable bonds is 4. The summed E-state index contributed by atoms with van der Waals surface area (Å²) in [7, 11) is 0. The molecule has 0 aromatic carbocycles. The number of thiophene rings is 1. The maximum Gasteiger partial charge on any atom is 0.0325 e. The summed E-state index contributed by atoms with van der Waals surface area (Å²) in [6.45, 7) is 5.41. The van der Waals surface area contributed by atoms with Crippen LogP contribution in [0.25, 0.3) is 0 Å². The molecule has 0 radical (unpaired) electrons. The zero-order chi connectivity index (χ0) is 8.10. The summed E-state index contributed by atoms with van der Waals surface area (Å²) < 4.78 is 0. The van der Waals surface area contributed by atoms with Crippen molar-refractivity contribution in [2.24, 2.45) is 0 Å². The number of hydrogen-bond acceptors (Lipinski definition) is 2. The molecule has 0 amide bonds. The molecule has 0 aliphatic rings. The lowest BCUT2D eigenvalue weighted by Crippen LogP contribution is -2.19.